The highest BCUT2D eigenvalue weighted by Gasteiger charge is 2.07. The Hall–Kier alpha value is -0.975. The molecule has 1 heteroatoms. The summed E-state index contributed by atoms with van der Waals surface area (Å²) in [4.78, 5) is 0. The first-order chi connectivity index (χ1) is 5.95. The van der Waals surface area contributed by atoms with Crippen molar-refractivity contribution in [3.05, 3.63) is 34.9 Å². The molecular weight excluding hydrogens is 155 g/mol. The van der Waals surface area contributed by atoms with Crippen LogP contribution in [0.1, 0.15) is 29.2 Å². The van der Waals surface area contributed by atoms with Crippen LogP contribution in [0.4, 0.5) is 0 Å². The molecule has 0 aromatic heterocycles. The van der Waals surface area contributed by atoms with Crippen LogP contribution in [0.15, 0.2) is 12.6 Å². The van der Waals surface area contributed by atoms with Gasteiger partial charge in [0.15, 0.2) is 0 Å². The van der Waals surface area contributed by atoms with Crippen molar-refractivity contribution in [1.82, 2.24) is 0 Å². The van der Waals surface area contributed by atoms with E-state index in [-0.39, 0.29) is 0 Å². The van der Waals surface area contributed by atoms with Gasteiger partial charge in [-0.25, -0.2) is 0 Å². The minimum Gasteiger partial charge on any atom is -0.0955 e. The summed E-state index contributed by atoms with van der Waals surface area (Å²) < 4.78 is 0. The van der Waals surface area contributed by atoms with Crippen molar-refractivity contribution in [3.63, 3.8) is 0 Å². The number of hydrogen-bond acceptors (Lipinski definition) is 0. The molecule has 1 aromatic rings. The first-order valence-corrected chi connectivity index (χ1v) is 4.47. The molecule has 0 aliphatic rings. The lowest BCUT2D eigenvalue weighted by Crippen LogP contribution is -2.14. The second-order valence-corrected chi connectivity index (χ2v) is 3.70. The highest BCUT2D eigenvalue weighted by atomic mass is 14.1. The van der Waals surface area contributed by atoms with E-state index < -0.39 is 0 Å². The van der Waals surface area contributed by atoms with Crippen molar-refractivity contribution in [3.8, 4) is 0 Å². The van der Waals surface area contributed by atoms with Crippen LogP contribution >= 0.6 is 0 Å². The molecule has 0 N–H and O–H groups in total. The van der Waals surface area contributed by atoms with Gasteiger partial charge >= 0.3 is 0 Å². The summed E-state index contributed by atoms with van der Waals surface area (Å²) in [5, 5.41) is 0. The van der Waals surface area contributed by atoms with Crippen LogP contribution < -0.4 is 5.46 Å². The molecule has 2 radical (unpaired) electrons. The van der Waals surface area contributed by atoms with Crippen molar-refractivity contribution in [2.45, 2.75) is 27.7 Å². The topological polar surface area (TPSA) is 0 Å². The lowest BCUT2D eigenvalue weighted by molar-refractivity contribution is 1.31. The second-order valence-electron chi connectivity index (χ2n) is 3.70. The summed E-state index contributed by atoms with van der Waals surface area (Å²) in [5.74, 6) is 0. The quantitative estimate of drug-likeness (QED) is 0.568. The Kier molecular flexibility index (Phi) is 2.65. The fraction of sp³-hybridized carbons (Fsp3) is 0.333. The minimum atomic E-state index is 0.892. The van der Waals surface area contributed by atoms with E-state index in [9.17, 15) is 0 Å². The van der Waals surface area contributed by atoms with E-state index in [0.29, 0.717) is 0 Å². The van der Waals surface area contributed by atoms with E-state index in [1.165, 1.54) is 11.1 Å². The largest absolute Gasteiger partial charge is 0.114 e. The Morgan fingerprint density at radius 1 is 1.23 bits per heavy atom. The molecule has 0 amide bonds. The first kappa shape index (κ1) is 10.1. The maximum absolute atomic E-state index is 5.95. The van der Waals surface area contributed by atoms with E-state index >= 15 is 0 Å². The Morgan fingerprint density at radius 2 is 1.77 bits per heavy atom. The Labute approximate surface area is 82.1 Å². The van der Waals surface area contributed by atoms with Gasteiger partial charge in [0.2, 0.25) is 0 Å². The third kappa shape index (κ3) is 1.69. The van der Waals surface area contributed by atoms with E-state index in [2.05, 4.69) is 26.5 Å². The van der Waals surface area contributed by atoms with Gasteiger partial charge in [0.25, 0.3) is 0 Å². The zero-order chi connectivity index (χ0) is 10.2. The lowest BCUT2D eigenvalue weighted by Gasteiger charge is -2.15. The Bertz CT molecular complexity index is 362. The summed E-state index contributed by atoms with van der Waals surface area (Å²) in [7, 11) is 5.95. The third-order valence-corrected chi connectivity index (χ3v) is 2.46. The molecule has 0 saturated carbocycles. The molecule has 0 saturated heterocycles. The Morgan fingerprint density at radius 3 is 2.23 bits per heavy atom. The van der Waals surface area contributed by atoms with E-state index in [0.717, 1.165) is 22.2 Å². The summed E-state index contributed by atoms with van der Waals surface area (Å²) in [6.07, 6.45) is 0. The fourth-order valence-electron chi connectivity index (χ4n) is 1.86. The molecule has 66 valence electrons. The fourth-order valence-corrected chi connectivity index (χ4v) is 1.86. The molecular formula is C12H15B. The molecule has 0 fully saturated rings. The molecule has 13 heavy (non-hydrogen) atoms. The zero-order valence-corrected chi connectivity index (χ0v) is 8.86. The maximum Gasteiger partial charge on any atom is 0.114 e. The van der Waals surface area contributed by atoms with Gasteiger partial charge < -0.3 is 0 Å². The smallest absolute Gasteiger partial charge is 0.0955 e. The molecule has 1 aromatic carbocycles. The normalized spacial score (nSPS) is 10.2. The SMILES string of the molecule is [B]c1c(C)cc(C)c(C(=C)C)c1C. The monoisotopic (exact) mass is 170 g/mol. The van der Waals surface area contributed by atoms with Gasteiger partial charge in [-0.3, -0.25) is 0 Å². The summed E-state index contributed by atoms with van der Waals surface area (Å²) >= 11 is 0. The molecule has 0 nitrogen and oxygen atoms in total. The van der Waals surface area contributed by atoms with Crippen LogP contribution in [-0.2, 0) is 0 Å². The van der Waals surface area contributed by atoms with Gasteiger partial charge in [-0.15, -0.1) is 0 Å². The predicted octanol–water partition coefficient (Wildman–Crippen LogP) is 2.44. The maximum atomic E-state index is 5.95. The molecule has 0 aliphatic heterocycles. The van der Waals surface area contributed by atoms with E-state index in [1.54, 1.807) is 0 Å². The van der Waals surface area contributed by atoms with Crippen molar-refractivity contribution in [1.29, 1.82) is 0 Å². The molecule has 0 atom stereocenters. The first-order valence-electron chi connectivity index (χ1n) is 4.47. The third-order valence-electron chi connectivity index (χ3n) is 2.46. The summed E-state index contributed by atoms with van der Waals surface area (Å²) in [6, 6.07) is 2.12. The van der Waals surface area contributed by atoms with Gasteiger partial charge in [0, 0.05) is 0 Å². The van der Waals surface area contributed by atoms with Gasteiger partial charge in [-0.2, -0.15) is 0 Å². The molecule has 1 rings (SSSR count). The second kappa shape index (κ2) is 3.41. The number of rotatable bonds is 1. The lowest BCUT2D eigenvalue weighted by atomic mass is 9.81. The number of aryl methyl sites for hydroxylation is 2. The van der Waals surface area contributed by atoms with Crippen LogP contribution in [0.5, 0.6) is 0 Å². The predicted molar refractivity (Wildman–Crippen MR) is 60.7 cm³/mol. The molecule has 0 aliphatic carbocycles. The minimum absolute atomic E-state index is 0.892. The van der Waals surface area contributed by atoms with Crippen LogP contribution in [0.2, 0.25) is 0 Å². The van der Waals surface area contributed by atoms with Crippen LogP contribution in [0.25, 0.3) is 5.57 Å². The highest BCUT2D eigenvalue weighted by molar-refractivity contribution is 6.34. The van der Waals surface area contributed by atoms with Gasteiger partial charge in [-0.1, -0.05) is 34.8 Å². The summed E-state index contributed by atoms with van der Waals surface area (Å²) in [6.45, 7) is 12.2. The van der Waals surface area contributed by atoms with Crippen molar-refractivity contribution in [2.75, 3.05) is 0 Å². The molecule has 0 bridgehead atoms. The number of hydrogen-bond donors (Lipinski definition) is 0. The van der Waals surface area contributed by atoms with Crippen LogP contribution in [0.3, 0.4) is 0 Å². The molecule has 0 heterocycles. The molecule has 0 unspecified atom stereocenters. The van der Waals surface area contributed by atoms with Gasteiger partial charge in [0.05, 0.1) is 0 Å². The highest BCUT2D eigenvalue weighted by Crippen LogP contribution is 2.20. The van der Waals surface area contributed by atoms with Gasteiger partial charge in [0.1, 0.15) is 7.85 Å². The van der Waals surface area contributed by atoms with Gasteiger partial charge in [-0.05, 0) is 38.8 Å². The standard InChI is InChI=1S/C12H15B/c1-7(2)11-8(3)6-9(4)12(13)10(11)5/h6H,1H2,2-5H3. The number of benzene rings is 1. The van der Waals surface area contributed by atoms with Crippen LogP contribution in [0, 0.1) is 20.8 Å². The Balaban J connectivity index is 3.53. The number of allylic oxidation sites excluding steroid dienone is 1. The van der Waals surface area contributed by atoms with E-state index in [4.69, 9.17) is 7.85 Å². The average Bonchev–Trinajstić information content (AvgIpc) is 1.99. The molecule has 0 spiro atoms. The van der Waals surface area contributed by atoms with Crippen molar-refractivity contribution in [2.24, 2.45) is 0 Å². The summed E-state index contributed by atoms with van der Waals surface area (Å²) in [5.41, 5.74) is 6.76. The van der Waals surface area contributed by atoms with Crippen molar-refractivity contribution < 1.29 is 0 Å². The van der Waals surface area contributed by atoms with Crippen LogP contribution in [-0.4, -0.2) is 7.85 Å². The van der Waals surface area contributed by atoms with Crippen molar-refractivity contribution >= 4 is 18.9 Å². The zero-order valence-electron chi connectivity index (χ0n) is 8.86. The van der Waals surface area contributed by atoms with E-state index in [1.807, 2.05) is 13.8 Å². The average molecular weight is 170 g/mol.